The van der Waals surface area contributed by atoms with Crippen molar-refractivity contribution < 1.29 is 9.84 Å². The molecule has 2 nitrogen and oxygen atoms in total. The predicted octanol–water partition coefficient (Wildman–Crippen LogP) is 4.17. The van der Waals surface area contributed by atoms with Gasteiger partial charge in [-0.3, -0.25) is 0 Å². The van der Waals surface area contributed by atoms with Crippen LogP contribution in [-0.2, 0) is 11.9 Å². The van der Waals surface area contributed by atoms with Gasteiger partial charge in [0, 0.05) is 10.9 Å². The van der Waals surface area contributed by atoms with E-state index in [0.29, 0.717) is 6.61 Å². The molecule has 0 bridgehead atoms. The van der Waals surface area contributed by atoms with Gasteiger partial charge in [0.15, 0.2) is 0 Å². The second kappa shape index (κ2) is 5.91. The normalized spacial score (nSPS) is 10.3. The summed E-state index contributed by atoms with van der Waals surface area (Å²) in [5.74, 6) is 1.17. The number of aromatic hydroxyl groups is 1. The van der Waals surface area contributed by atoms with E-state index in [1.165, 1.54) is 5.56 Å². The van der Waals surface area contributed by atoms with Crippen LogP contribution in [0.1, 0.15) is 16.7 Å². The fraction of sp³-hybridized carbons (Fsp3) is 0.200. The van der Waals surface area contributed by atoms with E-state index in [1.807, 2.05) is 24.3 Å². The third-order valence-electron chi connectivity index (χ3n) is 2.69. The van der Waals surface area contributed by atoms with E-state index in [1.54, 1.807) is 12.1 Å². The van der Waals surface area contributed by atoms with Crippen LogP contribution in [0.25, 0.3) is 0 Å². The SMILES string of the molecule is Cc1ccc(OCc2ccc(O)cc2)c(CBr)c1. The molecule has 0 aromatic heterocycles. The van der Waals surface area contributed by atoms with Crippen LogP contribution in [0.15, 0.2) is 42.5 Å². The fourth-order valence-corrected chi connectivity index (χ4v) is 2.14. The lowest BCUT2D eigenvalue weighted by Crippen LogP contribution is -1.98. The molecular weight excluding hydrogens is 292 g/mol. The Morgan fingerprint density at radius 3 is 2.50 bits per heavy atom. The lowest BCUT2D eigenvalue weighted by atomic mass is 10.1. The van der Waals surface area contributed by atoms with Gasteiger partial charge in [-0.05, 0) is 30.7 Å². The first-order chi connectivity index (χ1) is 8.69. The van der Waals surface area contributed by atoms with E-state index in [2.05, 4.69) is 28.9 Å². The smallest absolute Gasteiger partial charge is 0.123 e. The van der Waals surface area contributed by atoms with Crippen molar-refractivity contribution in [3.05, 3.63) is 59.2 Å². The Kier molecular flexibility index (Phi) is 4.26. The predicted molar refractivity (Wildman–Crippen MR) is 76.2 cm³/mol. The summed E-state index contributed by atoms with van der Waals surface area (Å²) in [5, 5.41) is 9.98. The monoisotopic (exact) mass is 306 g/mol. The van der Waals surface area contributed by atoms with E-state index in [-0.39, 0.29) is 5.75 Å². The Hall–Kier alpha value is -1.48. The summed E-state index contributed by atoms with van der Waals surface area (Å²) in [6.45, 7) is 2.57. The Labute approximate surface area is 115 Å². The van der Waals surface area contributed by atoms with Gasteiger partial charge in [-0.25, -0.2) is 0 Å². The molecule has 18 heavy (non-hydrogen) atoms. The molecule has 0 unspecified atom stereocenters. The van der Waals surface area contributed by atoms with Gasteiger partial charge >= 0.3 is 0 Å². The van der Waals surface area contributed by atoms with E-state index >= 15 is 0 Å². The highest BCUT2D eigenvalue weighted by molar-refractivity contribution is 9.08. The zero-order chi connectivity index (χ0) is 13.0. The lowest BCUT2D eigenvalue weighted by molar-refractivity contribution is 0.303. The average Bonchev–Trinajstić information content (AvgIpc) is 2.39. The topological polar surface area (TPSA) is 29.5 Å². The molecule has 0 radical (unpaired) electrons. The molecule has 94 valence electrons. The fourth-order valence-electron chi connectivity index (χ4n) is 1.71. The van der Waals surface area contributed by atoms with Gasteiger partial charge in [0.1, 0.15) is 18.1 Å². The summed E-state index contributed by atoms with van der Waals surface area (Å²) >= 11 is 3.47. The molecule has 1 N–H and O–H groups in total. The molecule has 0 fully saturated rings. The van der Waals surface area contributed by atoms with Crippen LogP contribution in [-0.4, -0.2) is 5.11 Å². The molecule has 2 rings (SSSR count). The van der Waals surface area contributed by atoms with Gasteiger partial charge in [-0.15, -0.1) is 0 Å². The van der Waals surface area contributed by atoms with Crippen molar-refractivity contribution in [1.82, 2.24) is 0 Å². The summed E-state index contributed by atoms with van der Waals surface area (Å²) < 4.78 is 5.80. The van der Waals surface area contributed by atoms with Crippen molar-refractivity contribution >= 4 is 15.9 Å². The van der Waals surface area contributed by atoms with Crippen LogP contribution < -0.4 is 4.74 Å². The number of rotatable bonds is 4. The molecule has 0 amide bonds. The van der Waals surface area contributed by atoms with Gasteiger partial charge in [0.2, 0.25) is 0 Å². The van der Waals surface area contributed by atoms with Crippen LogP contribution in [0, 0.1) is 6.92 Å². The molecule has 0 aliphatic heterocycles. The van der Waals surface area contributed by atoms with Crippen molar-refractivity contribution in [2.24, 2.45) is 0 Å². The highest BCUT2D eigenvalue weighted by Crippen LogP contribution is 2.23. The minimum absolute atomic E-state index is 0.273. The highest BCUT2D eigenvalue weighted by atomic mass is 79.9. The Morgan fingerprint density at radius 2 is 1.83 bits per heavy atom. The molecule has 0 saturated heterocycles. The Morgan fingerprint density at radius 1 is 1.11 bits per heavy atom. The average molecular weight is 307 g/mol. The summed E-state index contributed by atoms with van der Waals surface area (Å²) in [7, 11) is 0. The van der Waals surface area contributed by atoms with E-state index in [0.717, 1.165) is 22.2 Å². The molecule has 2 aromatic rings. The van der Waals surface area contributed by atoms with Gasteiger partial charge in [0.05, 0.1) is 0 Å². The molecule has 0 spiro atoms. The van der Waals surface area contributed by atoms with Crippen molar-refractivity contribution in [2.75, 3.05) is 0 Å². The van der Waals surface area contributed by atoms with Crippen LogP contribution in [0.5, 0.6) is 11.5 Å². The number of alkyl halides is 1. The number of phenols is 1. The third kappa shape index (κ3) is 3.26. The number of benzene rings is 2. The van der Waals surface area contributed by atoms with E-state index in [9.17, 15) is 5.11 Å². The minimum atomic E-state index is 0.273. The van der Waals surface area contributed by atoms with Crippen molar-refractivity contribution in [3.63, 3.8) is 0 Å². The van der Waals surface area contributed by atoms with Crippen LogP contribution in [0.2, 0.25) is 0 Å². The summed E-state index contributed by atoms with van der Waals surface area (Å²) in [6.07, 6.45) is 0. The molecular formula is C15H15BrO2. The standard InChI is InChI=1S/C15H15BrO2/c1-11-2-7-15(13(8-11)9-16)18-10-12-3-5-14(17)6-4-12/h2-8,17H,9-10H2,1H3. The van der Waals surface area contributed by atoms with Gasteiger partial charge < -0.3 is 9.84 Å². The maximum Gasteiger partial charge on any atom is 0.123 e. The Balaban J connectivity index is 2.08. The number of aryl methyl sites for hydroxylation is 1. The quantitative estimate of drug-likeness (QED) is 0.859. The van der Waals surface area contributed by atoms with Crippen molar-refractivity contribution in [2.45, 2.75) is 18.9 Å². The van der Waals surface area contributed by atoms with Crippen molar-refractivity contribution in [1.29, 1.82) is 0 Å². The molecule has 0 aliphatic rings. The number of ether oxygens (including phenoxy) is 1. The number of halogens is 1. The second-order valence-corrected chi connectivity index (χ2v) is 4.76. The molecule has 0 atom stereocenters. The number of phenolic OH excluding ortho intramolecular Hbond substituents is 1. The Bertz CT molecular complexity index is 521. The molecule has 2 aromatic carbocycles. The molecule has 0 heterocycles. The first kappa shape index (κ1) is 13.0. The lowest BCUT2D eigenvalue weighted by Gasteiger charge is -2.11. The van der Waals surface area contributed by atoms with Gasteiger partial charge in [-0.2, -0.15) is 0 Å². The first-order valence-electron chi connectivity index (χ1n) is 5.75. The third-order valence-corrected chi connectivity index (χ3v) is 3.29. The number of hydrogen-bond acceptors (Lipinski definition) is 2. The molecule has 3 heteroatoms. The minimum Gasteiger partial charge on any atom is -0.508 e. The first-order valence-corrected chi connectivity index (χ1v) is 6.87. The number of hydrogen-bond donors (Lipinski definition) is 1. The molecule has 0 aliphatic carbocycles. The summed E-state index contributed by atoms with van der Waals surface area (Å²) in [4.78, 5) is 0. The summed E-state index contributed by atoms with van der Waals surface area (Å²) in [5.41, 5.74) is 3.41. The van der Waals surface area contributed by atoms with E-state index < -0.39 is 0 Å². The van der Waals surface area contributed by atoms with Gasteiger partial charge in [-0.1, -0.05) is 45.8 Å². The van der Waals surface area contributed by atoms with Gasteiger partial charge in [0.25, 0.3) is 0 Å². The molecule has 0 saturated carbocycles. The van der Waals surface area contributed by atoms with Crippen molar-refractivity contribution in [3.8, 4) is 11.5 Å². The van der Waals surface area contributed by atoms with E-state index in [4.69, 9.17) is 4.74 Å². The maximum absolute atomic E-state index is 9.21. The zero-order valence-corrected chi connectivity index (χ0v) is 11.8. The second-order valence-electron chi connectivity index (χ2n) is 4.20. The van der Waals surface area contributed by atoms with Crippen LogP contribution >= 0.6 is 15.9 Å². The zero-order valence-electron chi connectivity index (χ0n) is 10.2. The maximum atomic E-state index is 9.21. The van der Waals surface area contributed by atoms with Crippen LogP contribution in [0.4, 0.5) is 0 Å². The summed E-state index contributed by atoms with van der Waals surface area (Å²) in [6, 6.07) is 13.2. The highest BCUT2D eigenvalue weighted by Gasteiger charge is 2.03. The largest absolute Gasteiger partial charge is 0.508 e. The van der Waals surface area contributed by atoms with Crippen LogP contribution in [0.3, 0.4) is 0 Å².